The second kappa shape index (κ2) is 5.73. The fourth-order valence-corrected chi connectivity index (χ4v) is 3.62. The first-order chi connectivity index (χ1) is 13.1. The summed E-state index contributed by atoms with van der Waals surface area (Å²) in [7, 11) is 0. The lowest BCUT2D eigenvalue weighted by atomic mass is 10.1. The van der Waals surface area contributed by atoms with E-state index in [1.807, 2.05) is 18.2 Å². The number of fused-ring (bicyclic) bond motifs is 4. The van der Waals surface area contributed by atoms with E-state index in [0.29, 0.717) is 11.2 Å². The third kappa shape index (κ3) is 2.49. The molecule has 2 aromatic carbocycles. The number of nitrogens with zero attached hydrogens (tertiary/aromatic N) is 3. The van der Waals surface area contributed by atoms with Gasteiger partial charge >= 0.3 is 0 Å². The lowest BCUT2D eigenvalue weighted by Crippen LogP contribution is -2.18. The van der Waals surface area contributed by atoms with E-state index in [2.05, 4.69) is 20.6 Å². The Morgan fingerprint density at radius 1 is 1.15 bits per heavy atom. The summed E-state index contributed by atoms with van der Waals surface area (Å²) in [6.45, 7) is 0. The number of anilines is 1. The Morgan fingerprint density at radius 2 is 2.00 bits per heavy atom. The van der Waals surface area contributed by atoms with Crippen molar-refractivity contribution in [3.63, 3.8) is 0 Å². The van der Waals surface area contributed by atoms with Crippen molar-refractivity contribution >= 4 is 28.1 Å². The highest BCUT2D eigenvalue weighted by atomic mass is 19.1. The molecule has 7 nitrogen and oxygen atoms in total. The zero-order valence-electron chi connectivity index (χ0n) is 14.1. The van der Waals surface area contributed by atoms with Gasteiger partial charge in [-0.3, -0.25) is 9.59 Å². The molecule has 134 valence electrons. The summed E-state index contributed by atoms with van der Waals surface area (Å²) in [5.41, 5.74) is 3.30. The highest BCUT2D eigenvalue weighted by molar-refractivity contribution is 6.07. The number of amides is 1. The third-order valence-corrected chi connectivity index (χ3v) is 4.89. The van der Waals surface area contributed by atoms with Gasteiger partial charge in [-0.25, -0.2) is 8.91 Å². The Bertz CT molecular complexity index is 1290. The lowest BCUT2D eigenvalue weighted by molar-refractivity contribution is 0.102. The molecule has 2 heterocycles. The molecule has 0 saturated carbocycles. The minimum Gasteiger partial charge on any atom is -0.321 e. The zero-order valence-corrected chi connectivity index (χ0v) is 14.1. The third-order valence-electron chi connectivity index (χ3n) is 4.89. The molecule has 27 heavy (non-hydrogen) atoms. The summed E-state index contributed by atoms with van der Waals surface area (Å²) in [6, 6.07) is 9.74. The highest BCUT2D eigenvalue weighted by Gasteiger charge is 2.20. The van der Waals surface area contributed by atoms with E-state index in [4.69, 9.17) is 0 Å². The van der Waals surface area contributed by atoms with Gasteiger partial charge < -0.3 is 10.3 Å². The number of hydrogen-bond donors (Lipinski definition) is 2. The minimum atomic E-state index is -0.558. The Labute approximate surface area is 151 Å². The minimum absolute atomic E-state index is 0.0211. The summed E-state index contributed by atoms with van der Waals surface area (Å²) in [6.07, 6.45) is 3.17. The van der Waals surface area contributed by atoms with E-state index in [0.717, 1.165) is 19.3 Å². The molecule has 0 atom stereocenters. The summed E-state index contributed by atoms with van der Waals surface area (Å²) in [5.74, 6) is -0.998. The van der Waals surface area contributed by atoms with Crippen LogP contribution in [0.25, 0.3) is 16.6 Å². The normalized spacial score (nSPS) is 13.2. The second-order valence-electron chi connectivity index (χ2n) is 6.61. The van der Waals surface area contributed by atoms with Crippen LogP contribution >= 0.6 is 0 Å². The van der Waals surface area contributed by atoms with Crippen molar-refractivity contribution in [2.75, 3.05) is 5.32 Å². The van der Waals surface area contributed by atoms with Crippen molar-refractivity contribution in [1.29, 1.82) is 0 Å². The Balaban J connectivity index is 1.57. The van der Waals surface area contributed by atoms with Crippen LogP contribution in [-0.4, -0.2) is 25.7 Å². The van der Waals surface area contributed by atoms with Crippen LogP contribution in [0.5, 0.6) is 0 Å². The molecule has 8 heteroatoms. The Morgan fingerprint density at radius 3 is 2.89 bits per heavy atom. The molecule has 2 N–H and O–H groups in total. The van der Waals surface area contributed by atoms with Crippen LogP contribution in [0.15, 0.2) is 41.2 Å². The number of aromatic nitrogens is 4. The number of carbonyl (C=O) groups excluding carboxylic acids is 1. The molecule has 1 aliphatic carbocycles. The molecule has 0 fully saturated rings. The quantitative estimate of drug-likeness (QED) is 0.572. The molecular weight excluding hydrogens is 349 g/mol. The predicted molar refractivity (Wildman–Crippen MR) is 97.5 cm³/mol. The summed E-state index contributed by atoms with van der Waals surface area (Å²) in [5, 5.41) is 10.6. The monoisotopic (exact) mass is 363 g/mol. The number of aryl methyl sites for hydroxylation is 2. The van der Waals surface area contributed by atoms with E-state index in [-0.39, 0.29) is 16.7 Å². The Hall–Kier alpha value is -3.55. The van der Waals surface area contributed by atoms with Crippen molar-refractivity contribution in [2.45, 2.75) is 19.3 Å². The van der Waals surface area contributed by atoms with Crippen LogP contribution in [0.3, 0.4) is 0 Å². The molecule has 4 aromatic rings. The van der Waals surface area contributed by atoms with Crippen molar-refractivity contribution in [1.82, 2.24) is 19.8 Å². The first kappa shape index (κ1) is 15.7. The maximum atomic E-state index is 13.4. The van der Waals surface area contributed by atoms with Gasteiger partial charge in [0.15, 0.2) is 11.2 Å². The van der Waals surface area contributed by atoms with Gasteiger partial charge in [0.25, 0.3) is 11.5 Å². The van der Waals surface area contributed by atoms with Crippen molar-refractivity contribution in [2.24, 2.45) is 0 Å². The molecular formula is C19H14FN5O2. The van der Waals surface area contributed by atoms with Crippen LogP contribution in [0.4, 0.5) is 10.1 Å². The number of aromatic amines is 1. The number of nitrogens with one attached hydrogen (secondary N) is 2. The van der Waals surface area contributed by atoms with Gasteiger partial charge in [-0.1, -0.05) is 11.3 Å². The van der Waals surface area contributed by atoms with Crippen molar-refractivity contribution < 1.29 is 9.18 Å². The number of carbonyl (C=O) groups is 1. The van der Waals surface area contributed by atoms with Crippen LogP contribution in [0.2, 0.25) is 0 Å². The molecule has 0 saturated heterocycles. The van der Waals surface area contributed by atoms with Gasteiger partial charge in [-0.2, -0.15) is 0 Å². The second-order valence-corrected chi connectivity index (χ2v) is 6.61. The highest BCUT2D eigenvalue weighted by Crippen LogP contribution is 2.25. The summed E-state index contributed by atoms with van der Waals surface area (Å²) in [4.78, 5) is 27.7. The maximum Gasteiger partial charge on any atom is 0.278 e. The standard InChI is InChI=1S/C19H14FN5O2/c20-12-5-7-15-14(9-12)22-19(27)17-16(23-24-25(15)17)18(26)21-13-6-4-10-2-1-3-11(10)8-13/h4-9H,1-3H2,(H,21,26)(H,22,27). The number of halogens is 1. The number of benzene rings is 2. The van der Waals surface area contributed by atoms with Crippen molar-refractivity contribution in [3.8, 4) is 0 Å². The maximum absolute atomic E-state index is 13.4. The van der Waals surface area contributed by atoms with E-state index in [1.165, 1.54) is 33.8 Å². The first-order valence-electron chi connectivity index (χ1n) is 8.60. The van der Waals surface area contributed by atoms with Crippen molar-refractivity contribution in [3.05, 3.63) is 69.4 Å². The fourth-order valence-electron chi connectivity index (χ4n) is 3.62. The molecule has 0 aliphatic heterocycles. The smallest absolute Gasteiger partial charge is 0.278 e. The first-order valence-corrected chi connectivity index (χ1v) is 8.60. The fraction of sp³-hybridized carbons (Fsp3) is 0.158. The SMILES string of the molecule is O=C(Nc1ccc2c(c1)CCC2)c1nnn2c1c(=O)[nH]c1cc(F)ccc12. The topological polar surface area (TPSA) is 92.2 Å². The zero-order chi connectivity index (χ0) is 18.5. The molecule has 2 aromatic heterocycles. The number of hydrogen-bond acceptors (Lipinski definition) is 4. The van der Waals surface area contributed by atoms with Gasteiger partial charge in [0, 0.05) is 5.69 Å². The summed E-state index contributed by atoms with van der Waals surface area (Å²) >= 11 is 0. The number of H-pyrrole nitrogens is 1. The average molecular weight is 363 g/mol. The van der Waals surface area contributed by atoms with Gasteiger partial charge in [0.1, 0.15) is 5.82 Å². The number of rotatable bonds is 2. The largest absolute Gasteiger partial charge is 0.321 e. The molecule has 1 amide bonds. The van der Waals surface area contributed by atoms with Crippen LogP contribution in [0.1, 0.15) is 28.0 Å². The van der Waals surface area contributed by atoms with E-state index in [1.54, 1.807) is 0 Å². The van der Waals surface area contributed by atoms with Gasteiger partial charge in [0.2, 0.25) is 0 Å². The molecule has 0 spiro atoms. The van der Waals surface area contributed by atoms with Gasteiger partial charge in [-0.05, 0) is 60.7 Å². The van der Waals surface area contributed by atoms with Gasteiger partial charge in [-0.15, -0.1) is 5.10 Å². The van der Waals surface area contributed by atoms with Gasteiger partial charge in [0.05, 0.1) is 11.0 Å². The van der Waals surface area contributed by atoms with Crippen LogP contribution in [-0.2, 0) is 12.8 Å². The molecule has 5 rings (SSSR count). The molecule has 0 unspecified atom stereocenters. The van der Waals surface area contributed by atoms with Crippen LogP contribution in [0, 0.1) is 5.82 Å². The van der Waals surface area contributed by atoms with E-state index < -0.39 is 17.3 Å². The van der Waals surface area contributed by atoms with E-state index in [9.17, 15) is 14.0 Å². The molecule has 1 aliphatic rings. The average Bonchev–Trinajstić information content (AvgIpc) is 3.28. The van der Waals surface area contributed by atoms with E-state index >= 15 is 0 Å². The molecule has 0 radical (unpaired) electrons. The summed E-state index contributed by atoms with van der Waals surface area (Å²) < 4.78 is 14.7. The van der Waals surface area contributed by atoms with Crippen LogP contribution < -0.4 is 10.9 Å². The molecule has 0 bridgehead atoms. The lowest BCUT2D eigenvalue weighted by Gasteiger charge is -2.06. The Kier molecular flexibility index (Phi) is 3.33. The predicted octanol–water partition coefficient (Wildman–Crippen LogP) is 2.45.